The zero-order valence-electron chi connectivity index (χ0n) is 16.7. The number of carbonyl (C=O) groups is 2. The highest BCUT2D eigenvalue weighted by Crippen LogP contribution is 2.53. The van der Waals surface area contributed by atoms with E-state index in [9.17, 15) is 22.8 Å². The number of rotatable bonds is 6. The Hall–Kier alpha value is -3.09. The number of hydrogen-bond acceptors (Lipinski definition) is 2. The fourth-order valence-electron chi connectivity index (χ4n) is 4.89. The van der Waals surface area contributed by atoms with Crippen LogP contribution in [0.4, 0.5) is 13.2 Å². The number of hydrogen-bond donors (Lipinski definition) is 2. The van der Waals surface area contributed by atoms with Crippen LogP contribution < -0.4 is 5.73 Å². The summed E-state index contributed by atoms with van der Waals surface area (Å²) in [7, 11) is 0. The summed E-state index contributed by atoms with van der Waals surface area (Å²) in [6, 6.07) is 7.98. The minimum Gasteiger partial charge on any atom is -0.369 e. The van der Waals surface area contributed by atoms with Crippen LogP contribution in [0.1, 0.15) is 43.6 Å². The van der Waals surface area contributed by atoms with Gasteiger partial charge in [-0.3, -0.25) is 9.59 Å². The van der Waals surface area contributed by atoms with Crippen LogP contribution in [-0.4, -0.2) is 16.7 Å². The van der Waals surface area contributed by atoms with E-state index in [1.54, 1.807) is 12.1 Å². The summed E-state index contributed by atoms with van der Waals surface area (Å²) in [5.74, 6) is -2.29. The monoisotopic (exact) mass is 426 g/mol. The molecular formula is C24H21F3N2O2. The maximum absolute atomic E-state index is 14.4. The van der Waals surface area contributed by atoms with Gasteiger partial charge < -0.3 is 10.7 Å². The smallest absolute Gasteiger partial charge is 0.231 e. The van der Waals surface area contributed by atoms with Crippen LogP contribution in [0, 0.1) is 28.8 Å². The standard InChI is InChI=1S/C24H21F3N2O2/c25-15-3-1-13(2-4-15)21-20(17-10-16(26)11-18(27)22(17)29-21)14-7-12(8-14)9-19(30)24(5-6-24)23(28)31/h1-4,10-12,14,29H,5-9H2,(H2,28,31)/t12-,14-. The number of ketones is 1. The summed E-state index contributed by atoms with van der Waals surface area (Å²) in [5.41, 5.74) is 6.72. The topological polar surface area (TPSA) is 76.0 Å². The minimum atomic E-state index is -0.975. The first-order valence-electron chi connectivity index (χ1n) is 10.4. The lowest BCUT2D eigenvalue weighted by Crippen LogP contribution is -2.35. The Labute approximate surface area is 176 Å². The van der Waals surface area contributed by atoms with Crippen molar-refractivity contribution in [1.29, 1.82) is 0 Å². The van der Waals surface area contributed by atoms with Crippen molar-refractivity contribution in [1.82, 2.24) is 4.98 Å². The second-order valence-electron chi connectivity index (χ2n) is 8.84. The van der Waals surface area contributed by atoms with Crippen LogP contribution in [0.15, 0.2) is 36.4 Å². The molecule has 1 aromatic heterocycles. The molecule has 2 aliphatic rings. The number of amides is 1. The zero-order chi connectivity index (χ0) is 21.9. The number of benzene rings is 2. The highest BCUT2D eigenvalue weighted by Gasteiger charge is 2.55. The van der Waals surface area contributed by atoms with Crippen molar-refractivity contribution >= 4 is 22.6 Å². The summed E-state index contributed by atoms with van der Waals surface area (Å²) in [6.07, 6.45) is 2.66. The van der Waals surface area contributed by atoms with Gasteiger partial charge in [0, 0.05) is 17.9 Å². The van der Waals surface area contributed by atoms with Crippen molar-refractivity contribution in [2.24, 2.45) is 17.1 Å². The second-order valence-corrected chi connectivity index (χ2v) is 8.84. The summed E-state index contributed by atoms with van der Waals surface area (Å²) in [6.45, 7) is 0. The Bertz CT molecular complexity index is 1210. The number of halogens is 3. The number of nitrogens with one attached hydrogen (secondary N) is 1. The number of Topliss-reactive ketones (excluding diaryl/α,β-unsaturated/α-hetero) is 1. The molecule has 2 aliphatic carbocycles. The molecule has 160 valence electrons. The second kappa shape index (κ2) is 6.97. The van der Waals surface area contributed by atoms with E-state index in [0.29, 0.717) is 42.3 Å². The first kappa shape index (κ1) is 19.8. The average Bonchev–Trinajstić information content (AvgIpc) is 3.42. The molecule has 3 aromatic rings. The molecule has 0 aliphatic heterocycles. The van der Waals surface area contributed by atoms with Crippen LogP contribution in [0.2, 0.25) is 0 Å². The molecular weight excluding hydrogens is 405 g/mol. The molecule has 2 fully saturated rings. The SMILES string of the molecule is NC(=O)C1(C(=O)C[C@H]2C[C@H](c3c(-c4ccc(F)cc4)[nH]c4c(F)cc(F)cc43)C2)CC1. The zero-order valence-corrected chi connectivity index (χ0v) is 16.7. The highest BCUT2D eigenvalue weighted by atomic mass is 19.1. The van der Waals surface area contributed by atoms with Crippen LogP contribution in [0.5, 0.6) is 0 Å². The van der Waals surface area contributed by atoms with Crippen LogP contribution in [-0.2, 0) is 9.59 Å². The molecule has 0 bridgehead atoms. The van der Waals surface area contributed by atoms with E-state index in [0.717, 1.165) is 11.6 Å². The molecule has 1 heterocycles. The first-order valence-corrected chi connectivity index (χ1v) is 10.4. The molecule has 3 N–H and O–H groups in total. The van der Waals surface area contributed by atoms with Crippen molar-refractivity contribution in [3.05, 3.63) is 59.4 Å². The van der Waals surface area contributed by atoms with Gasteiger partial charge >= 0.3 is 0 Å². The molecule has 0 atom stereocenters. The van der Waals surface area contributed by atoms with Gasteiger partial charge in [0.15, 0.2) is 0 Å². The summed E-state index contributed by atoms with van der Waals surface area (Å²) >= 11 is 0. The summed E-state index contributed by atoms with van der Waals surface area (Å²) in [4.78, 5) is 27.2. The van der Waals surface area contributed by atoms with Gasteiger partial charge in [-0.25, -0.2) is 13.2 Å². The number of primary amides is 1. The molecule has 2 aromatic carbocycles. The van der Waals surface area contributed by atoms with Gasteiger partial charge in [-0.2, -0.15) is 0 Å². The Morgan fingerprint density at radius 3 is 2.32 bits per heavy atom. The van der Waals surface area contributed by atoms with Crippen LogP contribution in [0.3, 0.4) is 0 Å². The van der Waals surface area contributed by atoms with Gasteiger partial charge in [-0.1, -0.05) is 0 Å². The molecule has 0 radical (unpaired) electrons. The fraction of sp³-hybridized carbons (Fsp3) is 0.333. The molecule has 4 nitrogen and oxygen atoms in total. The van der Waals surface area contributed by atoms with E-state index in [1.807, 2.05) is 0 Å². The van der Waals surface area contributed by atoms with Gasteiger partial charge in [-0.05, 0) is 79.0 Å². The molecule has 2 saturated carbocycles. The maximum Gasteiger partial charge on any atom is 0.231 e. The van der Waals surface area contributed by atoms with Crippen molar-refractivity contribution in [3.8, 4) is 11.3 Å². The lowest BCUT2D eigenvalue weighted by molar-refractivity contribution is -0.135. The van der Waals surface area contributed by atoms with Crippen molar-refractivity contribution < 1.29 is 22.8 Å². The molecule has 0 saturated heterocycles. The summed E-state index contributed by atoms with van der Waals surface area (Å²) < 4.78 is 41.9. The van der Waals surface area contributed by atoms with Gasteiger partial charge in [0.2, 0.25) is 5.91 Å². The number of carbonyl (C=O) groups excluding carboxylic acids is 2. The molecule has 31 heavy (non-hydrogen) atoms. The van der Waals surface area contributed by atoms with Crippen molar-refractivity contribution in [2.75, 3.05) is 0 Å². The van der Waals surface area contributed by atoms with E-state index in [-0.39, 0.29) is 35.4 Å². The van der Waals surface area contributed by atoms with Crippen LogP contribution in [0.25, 0.3) is 22.2 Å². The number of H-pyrrole nitrogens is 1. The van der Waals surface area contributed by atoms with E-state index in [4.69, 9.17) is 5.73 Å². The molecule has 5 rings (SSSR count). The van der Waals surface area contributed by atoms with E-state index in [2.05, 4.69) is 4.98 Å². The molecule has 0 unspecified atom stereocenters. The van der Waals surface area contributed by atoms with Gasteiger partial charge in [0.1, 0.15) is 28.6 Å². The van der Waals surface area contributed by atoms with E-state index in [1.165, 1.54) is 18.2 Å². The molecule has 7 heteroatoms. The van der Waals surface area contributed by atoms with Gasteiger partial charge in [0.05, 0.1) is 11.2 Å². The number of nitrogens with two attached hydrogens (primary N) is 1. The van der Waals surface area contributed by atoms with Crippen molar-refractivity contribution in [2.45, 2.75) is 38.0 Å². The van der Waals surface area contributed by atoms with Gasteiger partial charge in [-0.15, -0.1) is 0 Å². The molecule has 0 spiro atoms. The van der Waals surface area contributed by atoms with Gasteiger partial charge in [0.25, 0.3) is 0 Å². The van der Waals surface area contributed by atoms with Crippen molar-refractivity contribution in [3.63, 3.8) is 0 Å². The predicted molar refractivity (Wildman–Crippen MR) is 110 cm³/mol. The lowest BCUT2D eigenvalue weighted by atomic mass is 9.67. The Morgan fingerprint density at radius 1 is 1.03 bits per heavy atom. The quantitative estimate of drug-likeness (QED) is 0.546. The van der Waals surface area contributed by atoms with Crippen LogP contribution >= 0.6 is 0 Å². The minimum absolute atomic E-state index is 0.00321. The normalized spacial score (nSPS) is 21.6. The number of aromatic nitrogens is 1. The lowest BCUT2D eigenvalue weighted by Gasteiger charge is -2.36. The Balaban J connectivity index is 1.45. The number of fused-ring (bicyclic) bond motifs is 1. The third kappa shape index (κ3) is 3.23. The Kier molecular flexibility index (Phi) is 4.46. The molecule has 1 amide bonds. The third-order valence-corrected chi connectivity index (χ3v) is 6.87. The Morgan fingerprint density at radius 2 is 1.71 bits per heavy atom. The average molecular weight is 426 g/mol. The number of aromatic amines is 1. The highest BCUT2D eigenvalue weighted by molar-refractivity contribution is 6.08. The third-order valence-electron chi connectivity index (χ3n) is 6.87. The fourth-order valence-corrected chi connectivity index (χ4v) is 4.89. The predicted octanol–water partition coefficient (Wildman–Crippen LogP) is 4.97. The first-order chi connectivity index (χ1) is 14.8. The summed E-state index contributed by atoms with van der Waals surface area (Å²) in [5, 5.41) is 0.461. The van der Waals surface area contributed by atoms with E-state index >= 15 is 0 Å². The largest absolute Gasteiger partial charge is 0.369 e. The van der Waals surface area contributed by atoms with E-state index < -0.39 is 23.0 Å². The maximum atomic E-state index is 14.4.